The van der Waals surface area contributed by atoms with Crippen LogP contribution < -0.4 is 0 Å². The van der Waals surface area contributed by atoms with Gasteiger partial charge in [0.15, 0.2) is 0 Å². The Labute approximate surface area is 113 Å². The summed E-state index contributed by atoms with van der Waals surface area (Å²) in [5.74, 6) is -0.171. The van der Waals surface area contributed by atoms with Crippen molar-refractivity contribution in [2.45, 2.75) is 26.8 Å². The van der Waals surface area contributed by atoms with E-state index >= 15 is 0 Å². The minimum Gasteiger partial charge on any atom is -0.475 e. The Morgan fingerprint density at radius 1 is 1.32 bits per heavy atom. The summed E-state index contributed by atoms with van der Waals surface area (Å²) in [5, 5.41) is 8.96. The molecular formula is C14H22N2O3. The lowest BCUT2D eigenvalue weighted by atomic mass is 10.2. The van der Waals surface area contributed by atoms with Crippen LogP contribution in [0.4, 0.5) is 0 Å². The van der Waals surface area contributed by atoms with E-state index in [0.717, 1.165) is 38.5 Å². The number of rotatable bonds is 5. The molecule has 2 heterocycles. The van der Waals surface area contributed by atoms with E-state index in [-0.39, 0.29) is 5.76 Å². The summed E-state index contributed by atoms with van der Waals surface area (Å²) in [5.41, 5.74) is 0.701. The number of piperazine rings is 1. The Morgan fingerprint density at radius 3 is 2.47 bits per heavy atom. The van der Waals surface area contributed by atoms with E-state index in [1.54, 1.807) is 6.92 Å². The maximum Gasteiger partial charge on any atom is 0.372 e. The Bertz CT molecular complexity index is 434. The number of furan rings is 1. The highest BCUT2D eigenvalue weighted by Crippen LogP contribution is 2.17. The van der Waals surface area contributed by atoms with Crippen molar-refractivity contribution in [3.8, 4) is 0 Å². The minimum atomic E-state index is -0.989. The molecule has 0 radical (unpaired) electrons. The largest absolute Gasteiger partial charge is 0.475 e. The van der Waals surface area contributed by atoms with Crippen molar-refractivity contribution in [3.05, 3.63) is 23.2 Å². The van der Waals surface area contributed by atoms with Gasteiger partial charge in [-0.2, -0.15) is 0 Å². The van der Waals surface area contributed by atoms with Crippen molar-refractivity contribution in [2.24, 2.45) is 0 Å². The predicted octanol–water partition coefficient (Wildman–Crippen LogP) is 1.81. The zero-order chi connectivity index (χ0) is 13.8. The molecule has 1 aromatic rings. The third-order valence-electron chi connectivity index (χ3n) is 3.55. The minimum absolute atomic E-state index is 0.0691. The molecule has 0 amide bonds. The molecular weight excluding hydrogens is 244 g/mol. The summed E-state index contributed by atoms with van der Waals surface area (Å²) in [6.45, 7) is 10.0. The second-order valence-corrected chi connectivity index (χ2v) is 5.15. The van der Waals surface area contributed by atoms with Crippen LogP contribution in [-0.2, 0) is 6.54 Å². The van der Waals surface area contributed by atoms with Crippen molar-refractivity contribution >= 4 is 5.97 Å². The highest BCUT2D eigenvalue weighted by Gasteiger charge is 2.19. The molecule has 2 rings (SSSR count). The lowest BCUT2D eigenvalue weighted by Gasteiger charge is -2.33. The van der Waals surface area contributed by atoms with Gasteiger partial charge in [-0.15, -0.1) is 0 Å². The van der Waals surface area contributed by atoms with Gasteiger partial charge in [0.1, 0.15) is 5.76 Å². The van der Waals surface area contributed by atoms with Crippen molar-refractivity contribution in [1.82, 2.24) is 9.80 Å². The first-order chi connectivity index (χ1) is 9.10. The van der Waals surface area contributed by atoms with E-state index < -0.39 is 5.97 Å². The maximum atomic E-state index is 10.9. The molecule has 5 heteroatoms. The predicted molar refractivity (Wildman–Crippen MR) is 72.4 cm³/mol. The molecule has 0 saturated carbocycles. The Balaban J connectivity index is 1.89. The summed E-state index contributed by atoms with van der Waals surface area (Å²) in [4.78, 5) is 15.7. The van der Waals surface area contributed by atoms with Crippen molar-refractivity contribution in [1.29, 1.82) is 0 Å². The van der Waals surface area contributed by atoms with Gasteiger partial charge in [-0.3, -0.25) is 4.90 Å². The van der Waals surface area contributed by atoms with E-state index in [2.05, 4.69) is 16.7 Å². The van der Waals surface area contributed by atoms with E-state index in [9.17, 15) is 4.79 Å². The van der Waals surface area contributed by atoms with Gasteiger partial charge in [0.2, 0.25) is 5.76 Å². The third kappa shape index (κ3) is 3.58. The van der Waals surface area contributed by atoms with Crippen molar-refractivity contribution in [3.63, 3.8) is 0 Å². The zero-order valence-electron chi connectivity index (χ0n) is 11.7. The van der Waals surface area contributed by atoms with Crippen LogP contribution in [-0.4, -0.2) is 53.6 Å². The molecule has 0 atom stereocenters. The molecule has 0 aromatic carbocycles. The molecule has 0 spiro atoms. The molecule has 1 saturated heterocycles. The second kappa shape index (κ2) is 6.21. The molecule has 106 valence electrons. The van der Waals surface area contributed by atoms with Crippen LogP contribution in [0.2, 0.25) is 0 Å². The quantitative estimate of drug-likeness (QED) is 0.881. The van der Waals surface area contributed by atoms with E-state index in [4.69, 9.17) is 9.52 Å². The smallest absolute Gasteiger partial charge is 0.372 e. The maximum absolute atomic E-state index is 10.9. The van der Waals surface area contributed by atoms with E-state index in [1.807, 2.05) is 6.07 Å². The molecule has 19 heavy (non-hydrogen) atoms. The second-order valence-electron chi connectivity index (χ2n) is 5.15. The SMILES string of the molecule is CCCN1CCN(Cc2cc(C)c(C(=O)O)o2)CC1. The van der Waals surface area contributed by atoms with Gasteiger partial charge in [0.05, 0.1) is 6.54 Å². The fourth-order valence-corrected chi connectivity index (χ4v) is 2.55. The number of aromatic carboxylic acids is 1. The highest BCUT2D eigenvalue weighted by atomic mass is 16.4. The summed E-state index contributed by atoms with van der Waals surface area (Å²) in [6.07, 6.45) is 1.19. The van der Waals surface area contributed by atoms with Crippen LogP contribution in [0.25, 0.3) is 0 Å². The van der Waals surface area contributed by atoms with Gasteiger partial charge >= 0.3 is 5.97 Å². The van der Waals surface area contributed by atoms with Gasteiger partial charge in [-0.1, -0.05) is 6.92 Å². The Kier molecular flexibility index (Phi) is 4.61. The molecule has 1 N–H and O–H groups in total. The first kappa shape index (κ1) is 14.1. The molecule has 5 nitrogen and oxygen atoms in total. The third-order valence-corrected chi connectivity index (χ3v) is 3.55. The zero-order valence-corrected chi connectivity index (χ0v) is 11.7. The Morgan fingerprint density at radius 2 is 1.95 bits per heavy atom. The van der Waals surface area contributed by atoms with Gasteiger partial charge in [0, 0.05) is 31.7 Å². The molecule has 0 aliphatic carbocycles. The fourth-order valence-electron chi connectivity index (χ4n) is 2.55. The topological polar surface area (TPSA) is 56.9 Å². The number of hydrogen-bond donors (Lipinski definition) is 1. The van der Waals surface area contributed by atoms with Gasteiger partial charge in [0.25, 0.3) is 0 Å². The van der Waals surface area contributed by atoms with E-state index in [1.165, 1.54) is 6.42 Å². The number of nitrogens with zero attached hydrogens (tertiary/aromatic N) is 2. The number of carbonyl (C=O) groups is 1. The molecule has 0 unspecified atom stereocenters. The first-order valence-corrected chi connectivity index (χ1v) is 6.87. The molecule has 1 fully saturated rings. The van der Waals surface area contributed by atoms with Crippen LogP contribution in [0.5, 0.6) is 0 Å². The number of carboxylic acid groups (broad SMARTS) is 1. The average molecular weight is 266 g/mol. The summed E-state index contributed by atoms with van der Waals surface area (Å²) < 4.78 is 5.40. The summed E-state index contributed by atoms with van der Waals surface area (Å²) in [6, 6.07) is 1.84. The summed E-state index contributed by atoms with van der Waals surface area (Å²) in [7, 11) is 0. The van der Waals surface area contributed by atoms with Crippen LogP contribution in [0.1, 0.15) is 35.2 Å². The molecule has 1 aliphatic rings. The van der Waals surface area contributed by atoms with Crippen LogP contribution in [0, 0.1) is 6.92 Å². The first-order valence-electron chi connectivity index (χ1n) is 6.87. The molecule has 1 aliphatic heterocycles. The lowest BCUT2D eigenvalue weighted by Crippen LogP contribution is -2.45. The average Bonchev–Trinajstić information content (AvgIpc) is 2.73. The van der Waals surface area contributed by atoms with Gasteiger partial charge < -0.3 is 14.4 Å². The number of hydrogen-bond acceptors (Lipinski definition) is 4. The van der Waals surface area contributed by atoms with Crippen LogP contribution in [0.3, 0.4) is 0 Å². The van der Waals surface area contributed by atoms with Crippen LogP contribution in [0.15, 0.2) is 10.5 Å². The molecule has 1 aromatic heterocycles. The number of aryl methyl sites for hydroxylation is 1. The van der Waals surface area contributed by atoms with Gasteiger partial charge in [-0.25, -0.2) is 4.79 Å². The Hall–Kier alpha value is -1.33. The van der Waals surface area contributed by atoms with Gasteiger partial charge in [-0.05, 0) is 26.0 Å². The van der Waals surface area contributed by atoms with E-state index in [0.29, 0.717) is 12.1 Å². The molecule has 0 bridgehead atoms. The standard InChI is InChI=1S/C14H22N2O3/c1-3-4-15-5-7-16(8-6-15)10-12-9-11(2)13(19-12)14(17)18/h9H,3-8,10H2,1-2H3,(H,17,18). The monoisotopic (exact) mass is 266 g/mol. The highest BCUT2D eigenvalue weighted by molar-refractivity contribution is 5.86. The number of carboxylic acids is 1. The lowest BCUT2D eigenvalue weighted by molar-refractivity contribution is 0.0654. The van der Waals surface area contributed by atoms with Crippen molar-refractivity contribution in [2.75, 3.05) is 32.7 Å². The van der Waals surface area contributed by atoms with Crippen LogP contribution >= 0.6 is 0 Å². The van der Waals surface area contributed by atoms with Crippen molar-refractivity contribution < 1.29 is 14.3 Å². The fraction of sp³-hybridized carbons (Fsp3) is 0.643. The summed E-state index contributed by atoms with van der Waals surface area (Å²) >= 11 is 0. The normalized spacial score (nSPS) is 17.8.